The summed E-state index contributed by atoms with van der Waals surface area (Å²) in [5.74, 6) is 0.716. The smallest absolute Gasteiger partial charge is 0.178 e. The number of nitrogens with two attached hydrogens (primary N) is 1. The van der Waals surface area contributed by atoms with E-state index in [9.17, 15) is 0 Å². The number of nitrogen functional groups attached to an aromatic ring is 1. The van der Waals surface area contributed by atoms with Gasteiger partial charge in [-0.2, -0.15) is 0 Å². The number of anilines is 1. The van der Waals surface area contributed by atoms with Gasteiger partial charge in [0.2, 0.25) is 0 Å². The molecule has 0 aliphatic rings. The summed E-state index contributed by atoms with van der Waals surface area (Å²) in [7, 11) is 0. The fraction of sp³-hybridized carbons (Fsp3) is 0.227. The minimum Gasteiger partial charge on any atom is -0.384 e. The molecule has 5 nitrogen and oxygen atoms in total. The zero-order valence-electron chi connectivity index (χ0n) is 15.2. The molecule has 1 unspecified atom stereocenters. The van der Waals surface area contributed by atoms with Crippen LogP contribution in [0.4, 0.5) is 5.82 Å². The summed E-state index contributed by atoms with van der Waals surface area (Å²) >= 11 is 0. The van der Waals surface area contributed by atoms with Crippen LogP contribution in [-0.2, 0) is 6.42 Å². The fourth-order valence-electron chi connectivity index (χ4n) is 3.66. The molecule has 0 spiro atoms. The average Bonchev–Trinajstić information content (AvgIpc) is 3.17. The number of aryl methyl sites for hydroxylation is 1. The first-order valence-electron chi connectivity index (χ1n) is 9.37. The number of H-pyrrole nitrogens is 1. The first-order chi connectivity index (χ1) is 13.3. The standard InChI is InChI=1S/C22H23N5/c23-20-15-19(21-22(24-20)26-27-25-21)18(17-12-5-2-6-13-17)14-8-7-11-16-9-3-1-4-10-16/h1-6,9-10,12-13,15,18H,7-8,11,14H2,(H3,23,24,25,26,27). The molecule has 1 atom stereocenters. The molecule has 0 aliphatic heterocycles. The molecule has 0 bridgehead atoms. The zero-order chi connectivity index (χ0) is 18.5. The Hall–Kier alpha value is -3.21. The molecule has 0 aliphatic carbocycles. The molecule has 4 aromatic rings. The molecule has 136 valence electrons. The number of nitrogens with zero attached hydrogens (tertiary/aromatic N) is 3. The highest BCUT2D eigenvalue weighted by Gasteiger charge is 2.19. The summed E-state index contributed by atoms with van der Waals surface area (Å²) in [4.78, 5) is 4.31. The van der Waals surface area contributed by atoms with Crippen LogP contribution in [0.25, 0.3) is 11.2 Å². The summed E-state index contributed by atoms with van der Waals surface area (Å²) in [6, 6.07) is 23.1. The number of hydrogen-bond donors (Lipinski definition) is 2. The third-order valence-corrected chi connectivity index (χ3v) is 4.98. The molecule has 0 saturated carbocycles. The van der Waals surface area contributed by atoms with Crippen LogP contribution in [0.15, 0.2) is 66.7 Å². The Morgan fingerprint density at radius 1 is 0.926 bits per heavy atom. The highest BCUT2D eigenvalue weighted by molar-refractivity contribution is 5.77. The van der Waals surface area contributed by atoms with E-state index in [0.717, 1.165) is 36.8 Å². The SMILES string of the molecule is Nc1cc(C(CCCCc2ccccc2)c2ccccc2)c2nn[nH]c2n1. The molecule has 2 heterocycles. The van der Waals surface area contributed by atoms with Crippen molar-refractivity contribution in [3.05, 3.63) is 83.4 Å². The summed E-state index contributed by atoms with van der Waals surface area (Å²) in [5.41, 5.74) is 11.3. The van der Waals surface area contributed by atoms with Crippen molar-refractivity contribution in [1.29, 1.82) is 0 Å². The maximum absolute atomic E-state index is 6.04. The molecular formula is C22H23N5. The third kappa shape index (κ3) is 3.97. The highest BCUT2D eigenvalue weighted by atomic mass is 15.3. The van der Waals surface area contributed by atoms with Gasteiger partial charge in [0.05, 0.1) is 0 Å². The molecule has 2 aromatic heterocycles. The van der Waals surface area contributed by atoms with E-state index in [1.807, 2.05) is 12.1 Å². The average molecular weight is 357 g/mol. The fourth-order valence-corrected chi connectivity index (χ4v) is 3.66. The van der Waals surface area contributed by atoms with Gasteiger partial charge < -0.3 is 5.73 Å². The molecule has 0 amide bonds. The Balaban J connectivity index is 1.57. The van der Waals surface area contributed by atoms with E-state index >= 15 is 0 Å². The van der Waals surface area contributed by atoms with Gasteiger partial charge in [-0.1, -0.05) is 72.3 Å². The topological polar surface area (TPSA) is 80.5 Å². The summed E-state index contributed by atoms with van der Waals surface area (Å²) in [5, 5.41) is 11.0. The first-order valence-corrected chi connectivity index (χ1v) is 9.37. The third-order valence-electron chi connectivity index (χ3n) is 4.98. The van der Waals surface area contributed by atoms with E-state index in [4.69, 9.17) is 5.73 Å². The molecule has 5 heteroatoms. The van der Waals surface area contributed by atoms with Crippen molar-refractivity contribution >= 4 is 17.0 Å². The Kier molecular flexibility index (Phi) is 5.10. The van der Waals surface area contributed by atoms with E-state index in [-0.39, 0.29) is 5.92 Å². The molecule has 3 N–H and O–H groups in total. The van der Waals surface area contributed by atoms with Gasteiger partial charge >= 0.3 is 0 Å². The molecule has 0 fully saturated rings. The molecule has 27 heavy (non-hydrogen) atoms. The molecular weight excluding hydrogens is 334 g/mol. The maximum atomic E-state index is 6.04. The second kappa shape index (κ2) is 7.99. The van der Waals surface area contributed by atoms with Gasteiger partial charge in [0.15, 0.2) is 5.65 Å². The molecule has 0 saturated heterocycles. The Morgan fingerprint density at radius 3 is 2.44 bits per heavy atom. The number of unbranched alkanes of at least 4 members (excludes halogenated alkanes) is 1. The normalized spacial score (nSPS) is 12.3. The van der Waals surface area contributed by atoms with Crippen molar-refractivity contribution in [1.82, 2.24) is 20.4 Å². The van der Waals surface area contributed by atoms with Gasteiger partial charge in [0, 0.05) is 5.92 Å². The van der Waals surface area contributed by atoms with Gasteiger partial charge in [-0.25, -0.2) is 10.1 Å². The van der Waals surface area contributed by atoms with Crippen LogP contribution in [0.1, 0.15) is 41.9 Å². The number of hydrogen-bond acceptors (Lipinski definition) is 4. The Labute approximate surface area is 158 Å². The number of benzene rings is 2. The molecule has 2 aromatic carbocycles. The molecule has 4 rings (SSSR count). The second-order valence-corrected chi connectivity index (χ2v) is 6.84. The van der Waals surface area contributed by atoms with Crippen LogP contribution >= 0.6 is 0 Å². The minimum atomic E-state index is 0.222. The van der Waals surface area contributed by atoms with E-state index < -0.39 is 0 Å². The van der Waals surface area contributed by atoms with Crippen molar-refractivity contribution in [2.45, 2.75) is 31.6 Å². The number of nitrogens with one attached hydrogen (secondary N) is 1. The van der Waals surface area contributed by atoms with Crippen molar-refractivity contribution in [2.24, 2.45) is 0 Å². The number of aromatic nitrogens is 4. The lowest BCUT2D eigenvalue weighted by atomic mass is 9.86. The van der Waals surface area contributed by atoms with Gasteiger partial charge in [0.1, 0.15) is 11.3 Å². The van der Waals surface area contributed by atoms with Crippen LogP contribution in [0.2, 0.25) is 0 Å². The van der Waals surface area contributed by atoms with Crippen molar-refractivity contribution < 1.29 is 0 Å². The second-order valence-electron chi connectivity index (χ2n) is 6.84. The van der Waals surface area contributed by atoms with Gasteiger partial charge in [0.25, 0.3) is 0 Å². The monoisotopic (exact) mass is 357 g/mol. The van der Waals surface area contributed by atoms with Gasteiger partial charge in [-0.3, -0.25) is 0 Å². The van der Waals surface area contributed by atoms with E-state index in [2.05, 4.69) is 75.0 Å². The van der Waals surface area contributed by atoms with Crippen LogP contribution in [-0.4, -0.2) is 20.4 Å². The minimum absolute atomic E-state index is 0.222. The lowest BCUT2D eigenvalue weighted by molar-refractivity contribution is 0.627. The van der Waals surface area contributed by atoms with E-state index in [1.54, 1.807) is 0 Å². The Morgan fingerprint density at radius 2 is 1.67 bits per heavy atom. The summed E-state index contributed by atoms with van der Waals surface area (Å²) < 4.78 is 0. The van der Waals surface area contributed by atoms with Gasteiger partial charge in [-0.05, 0) is 42.0 Å². The lowest BCUT2D eigenvalue weighted by Gasteiger charge is -2.18. The highest BCUT2D eigenvalue weighted by Crippen LogP contribution is 2.34. The van der Waals surface area contributed by atoms with Crippen molar-refractivity contribution in [3.63, 3.8) is 0 Å². The number of aromatic amines is 1. The van der Waals surface area contributed by atoms with E-state index in [1.165, 1.54) is 11.1 Å². The predicted octanol–water partition coefficient (Wildman–Crippen LogP) is 4.48. The van der Waals surface area contributed by atoms with Crippen LogP contribution in [0.3, 0.4) is 0 Å². The predicted molar refractivity (Wildman–Crippen MR) is 108 cm³/mol. The van der Waals surface area contributed by atoms with Crippen molar-refractivity contribution in [3.8, 4) is 0 Å². The van der Waals surface area contributed by atoms with E-state index in [0.29, 0.717) is 11.5 Å². The van der Waals surface area contributed by atoms with Crippen molar-refractivity contribution in [2.75, 3.05) is 5.73 Å². The largest absolute Gasteiger partial charge is 0.384 e. The first kappa shape index (κ1) is 17.2. The zero-order valence-corrected chi connectivity index (χ0v) is 15.2. The van der Waals surface area contributed by atoms with Crippen LogP contribution in [0.5, 0.6) is 0 Å². The van der Waals surface area contributed by atoms with Gasteiger partial charge in [-0.15, -0.1) is 5.10 Å². The number of rotatable bonds is 7. The lowest BCUT2D eigenvalue weighted by Crippen LogP contribution is -2.05. The summed E-state index contributed by atoms with van der Waals surface area (Å²) in [6.07, 6.45) is 4.40. The molecule has 0 radical (unpaired) electrons. The number of pyridine rings is 1. The van der Waals surface area contributed by atoms with Crippen LogP contribution in [0, 0.1) is 0 Å². The Bertz CT molecular complexity index is 995. The number of fused-ring (bicyclic) bond motifs is 1. The quantitative estimate of drug-likeness (QED) is 0.478. The maximum Gasteiger partial charge on any atom is 0.178 e. The summed E-state index contributed by atoms with van der Waals surface area (Å²) in [6.45, 7) is 0. The van der Waals surface area contributed by atoms with Crippen LogP contribution < -0.4 is 5.73 Å².